The smallest absolute Gasteiger partial charge is 0.298 e. The molecule has 0 aliphatic carbocycles. The number of esters is 1. The van der Waals surface area contributed by atoms with Crippen molar-refractivity contribution in [3.63, 3.8) is 0 Å². The van der Waals surface area contributed by atoms with Gasteiger partial charge in [0.25, 0.3) is 5.97 Å². The zero-order valence-corrected chi connectivity index (χ0v) is 8.69. The average molecular weight is 211 g/mol. The Bertz CT molecular complexity index is 263. The van der Waals surface area contributed by atoms with E-state index in [0.717, 1.165) is 5.46 Å². The Morgan fingerprint density at radius 3 is 2.40 bits per heavy atom. The molecule has 0 saturated carbocycles. The van der Waals surface area contributed by atoms with Crippen LogP contribution in [0.5, 0.6) is 0 Å². The van der Waals surface area contributed by atoms with E-state index in [1.165, 1.54) is 0 Å². The van der Waals surface area contributed by atoms with Gasteiger partial charge in [0.1, 0.15) is 0 Å². The van der Waals surface area contributed by atoms with Crippen molar-refractivity contribution in [2.45, 2.75) is 13.2 Å². The molecule has 0 aliphatic heterocycles. The molecule has 0 atom stereocenters. The first kappa shape index (κ1) is 16.1. The lowest BCUT2D eigenvalue weighted by Gasteiger charge is -2.00. The van der Waals surface area contributed by atoms with Gasteiger partial charge >= 0.3 is 0 Å². The summed E-state index contributed by atoms with van der Waals surface area (Å²) in [6, 6.07) is 9.74. The molecule has 1 radical (unpaired) electrons. The minimum absolute atomic E-state index is 0. The number of carbonyl (C=O) groups excluding carboxylic acids is 1. The molecule has 0 fully saturated rings. The molecule has 0 spiro atoms. The highest BCUT2D eigenvalue weighted by molar-refractivity contribution is 6.56. The second-order valence-corrected chi connectivity index (χ2v) is 2.62. The summed E-state index contributed by atoms with van der Waals surface area (Å²) >= 11 is 0. The summed E-state index contributed by atoms with van der Waals surface area (Å²) in [5, 5.41) is 0. The maximum atomic E-state index is 11.0. The van der Waals surface area contributed by atoms with Gasteiger partial charge in [-0.2, -0.15) is 0 Å². The van der Waals surface area contributed by atoms with Crippen LogP contribution in [0.15, 0.2) is 30.3 Å². The quantitative estimate of drug-likeness (QED) is 0.489. The normalized spacial score (nSPS) is 8.07. The molecule has 1 aromatic rings. The lowest BCUT2D eigenvalue weighted by molar-refractivity contribution is -0.140. The van der Waals surface area contributed by atoms with Gasteiger partial charge in [0.2, 0.25) is 0 Å². The molecule has 1 aromatic carbocycles. The van der Waals surface area contributed by atoms with Gasteiger partial charge in [-0.1, -0.05) is 35.8 Å². The Morgan fingerprint density at radius 2 is 1.87 bits per heavy atom. The molecule has 0 saturated heterocycles. The fourth-order valence-electron chi connectivity index (χ4n) is 1.01. The molecule has 1 rings (SSSR count). The van der Waals surface area contributed by atoms with Gasteiger partial charge in [-0.15, -0.1) is 0 Å². The van der Waals surface area contributed by atoms with E-state index in [0.29, 0.717) is 12.9 Å². The lowest BCUT2D eigenvalue weighted by Crippen LogP contribution is -2.17. The van der Waals surface area contributed by atoms with Gasteiger partial charge in [-0.3, -0.25) is 4.79 Å². The number of ether oxygens (including phenoxy) is 1. The van der Waals surface area contributed by atoms with Gasteiger partial charge in [-0.05, 0) is 6.92 Å². The molecule has 0 bridgehead atoms. The summed E-state index contributed by atoms with van der Waals surface area (Å²) in [7, 11) is 1.86. The summed E-state index contributed by atoms with van der Waals surface area (Å²) in [6.07, 6.45) is 0.345. The third kappa shape index (κ3) is 6.71. The highest BCUT2D eigenvalue weighted by atomic mass is 16.5. The van der Waals surface area contributed by atoms with Crippen molar-refractivity contribution in [2.24, 2.45) is 0 Å². The van der Waals surface area contributed by atoms with Crippen LogP contribution in [0.2, 0.25) is 6.32 Å². The molecule has 0 amide bonds. The highest BCUT2D eigenvalue weighted by Crippen LogP contribution is 1.88. The van der Waals surface area contributed by atoms with E-state index >= 15 is 0 Å². The second kappa shape index (κ2) is 9.24. The monoisotopic (exact) mass is 211 g/mol. The number of rotatable bonds is 4. The van der Waals surface area contributed by atoms with Crippen LogP contribution in [0, 0.1) is 0 Å². The summed E-state index contributed by atoms with van der Waals surface area (Å²) in [5.74, 6) is -0.175. The van der Waals surface area contributed by atoms with E-state index in [1.807, 2.05) is 37.6 Å². The minimum atomic E-state index is -0.175. The molecular weight excluding hydrogens is 195 g/mol. The van der Waals surface area contributed by atoms with Crippen LogP contribution in [0.4, 0.5) is 0 Å². The van der Waals surface area contributed by atoms with Gasteiger partial charge < -0.3 is 15.7 Å². The van der Waals surface area contributed by atoms with E-state index < -0.39 is 0 Å². The molecule has 0 aromatic heterocycles. The molecule has 83 valence electrons. The van der Waals surface area contributed by atoms with Gasteiger partial charge in [0.15, 0.2) is 7.28 Å². The summed E-state index contributed by atoms with van der Waals surface area (Å²) in [4.78, 5) is 11.0. The minimum Gasteiger partial charge on any atom is -0.466 e. The van der Waals surface area contributed by atoms with E-state index in [2.05, 4.69) is 0 Å². The molecule has 0 unspecified atom stereocenters. The molecule has 4 N–H and O–H groups in total. The van der Waals surface area contributed by atoms with Crippen molar-refractivity contribution in [3.8, 4) is 0 Å². The van der Waals surface area contributed by atoms with Crippen molar-refractivity contribution in [3.05, 3.63) is 30.3 Å². The second-order valence-electron chi connectivity index (χ2n) is 2.62. The predicted octanol–water partition coefficient (Wildman–Crippen LogP) is -0.652. The third-order valence-electron chi connectivity index (χ3n) is 1.61. The SMILES string of the molecule is CCOC(=O)C[B]c1ccccc1.O.O. The van der Waals surface area contributed by atoms with Crippen molar-refractivity contribution < 1.29 is 20.5 Å². The number of benzene rings is 1. The zero-order valence-electron chi connectivity index (χ0n) is 8.69. The van der Waals surface area contributed by atoms with E-state index in [4.69, 9.17) is 4.74 Å². The standard InChI is InChI=1S/C10H12BO2.2H2O/c1-2-13-10(12)8-11-9-6-4-3-5-7-9;;/h3-7H,2,8H2,1H3;2*1H2. The van der Waals surface area contributed by atoms with E-state index in [1.54, 1.807) is 6.92 Å². The topological polar surface area (TPSA) is 89.3 Å². The zero-order chi connectivity index (χ0) is 9.52. The Hall–Kier alpha value is -1.33. The molecular formula is C10H16BO4. The van der Waals surface area contributed by atoms with Gasteiger partial charge in [0.05, 0.1) is 6.61 Å². The molecule has 4 nitrogen and oxygen atoms in total. The van der Waals surface area contributed by atoms with Gasteiger partial charge in [0, 0.05) is 6.32 Å². The Labute approximate surface area is 90.1 Å². The van der Waals surface area contributed by atoms with Crippen LogP contribution >= 0.6 is 0 Å². The van der Waals surface area contributed by atoms with Crippen molar-refractivity contribution in [2.75, 3.05) is 6.61 Å². The fraction of sp³-hybridized carbons (Fsp3) is 0.300. The Kier molecular flexibility index (Phi) is 9.93. The summed E-state index contributed by atoms with van der Waals surface area (Å²) < 4.78 is 4.79. The summed E-state index contributed by atoms with van der Waals surface area (Å²) in [6.45, 7) is 2.25. The van der Waals surface area contributed by atoms with Crippen LogP contribution < -0.4 is 5.46 Å². The van der Waals surface area contributed by atoms with E-state index in [9.17, 15) is 4.79 Å². The van der Waals surface area contributed by atoms with Crippen molar-refractivity contribution in [1.82, 2.24) is 0 Å². The maximum absolute atomic E-state index is 11.0. The summed E-state index contributed by atoms with van der Waals surface area (Å²) in [5.41, 5.74) is 1.05. The van der Waals surface area contributed by atoms with Crippen molar-refractivity contribution >= 4 is 18.7 Å². The number of hydrogen-bond donors (Lipinski definition) is 0. The first-order chi connectivity index (χ1) is 6.33. The molecule has 15 heavy (non-hydrogen) atoms. The van der Waals surface area contributed by atoms with Crippen LogP contribution in [0.25, 0.3) is 0 Å². The Morgan fingerprint density at radius 1 is 1.27 bits per heavy atom. The average Bonchev–Trinajstić information content (AvgIpc) is 2.17. The Balaban J connectivity index is 0. The fourth-order valence-corrected chi connectivity index (χ4v) is 1.01. The number of hydrogen-bond acceptors (Lipinski definition) is 2. The van der Waals surface area contributed by atoms with Crippen LogP contribution in [-0.4, -0.2) is 30.8 Å². The van der Waals surface area contributed by atoms with Crippen LogP contribution in [0.3, 0.4) is 0 Å². The van der Waals surface area contributed by atoms with Crippen LogP contribution in [-0.2, 0) is 9.53 Å². The maximum Gasteiger partial charge on any atom is 0.298 e. The molecule has 0 aliphatic rings. The molecule has 5 heteroatoms. The molecule has 0 heterocycles. The number of carbonyl (C=O) groups is 1. The largest absolute Gasteiger partial charge is 0.466 e. The first-order valence-corrected chi connectivity index (χ1v) is 4.37. The third-order valence-corrected chi connectivity index (χ3v) is 1.61. The van der Waals surface area contributed by atoms with Gasteiger partial charge in [-0.25, -0.2) is 0 Å². The lowest BCUT2D eigenvalue weighted by atomic mass is 9.67. The first-order valence-electron chi connectivity index (χ1n) is 4.37. The van der Waals surface area contributed by atoms with E-state index in [-0.39, 0.29) is 16.9 Å². The predicted molar refractivity (Wildman–Crippen MR) is 60.5 cm³/mol. The van der Waals surface area contributed by atoms with Crippen molar-refractivity contribution in [1.29, 1.82) is 0 Å². The highest BCUT2D eigenvalue weighted by Gasteiger charge is 2.02. The van der Waals surface area contributed by atoms with Crippen LogP contribution in [0.1, 0.15) is 6.92 Å².